The summed E-state index contributed by atoms with van der Waals surface area (Å²) >= 11 is 7.33. The second kappa shape index (κ2) is 8.07. The van der Waals surface area contributed by atoms with Crippen molar-refractivity contribution >= 4 is 32.8 Å². The third-order valence-electron chi connectivity index (χ3n) is 3.41. The molecule has 0 unspecified atom stereocenters. The second-order valence-electron chi connectivity index (χ2n) is 5.51. The summed E-state index contributed by atoms with van der Waals surface area (Å²) in [5, 5.41) is 3.41. The van der Waals surface area contributed by atoms with Crippen LogP contribution in [0.2, 0.25) is 5.02 Å². The van der Waals surface area contributed by atoms with Crippen LogP contribution in [0, 0.1) is 0 Å². The van der Waals surface area contributed by atoms with Gasteiger partial charge in [0.05, 0.1) is 10.6 Å². The van der Waals surface area contributed by atoms with Gasteiger partial charge < -0.3 is 9.47 Å². The molecule has 3 aromatic rings. The molecule has 0 aliphatic carbocycles. The molecule has 0 amide bonds. The molecular formula is C18H16ClNO4S2. The van der Waals surface area contributed by atoms with E-state index in [1.165, 1.54) is 29.7 Å². The molecule has 0 saturated heterocycles. The average molecular weight is 410 g/mol. The minimum absolute atomic E-state index is 0.264. The van der Waals surface area contributed by atoms with Crippen molar-refractivity contribution in [2.45, 2.75) is 18.1 Å². The van der Waals surface area contributed by atoms with Crippen molar-refractivity contribution in [3.05, 3.63) is 69.6 Å². The monoisotopic (exact) mass is 409 g/mol. The average Bonchev–Trinajstić information content (AvgIpc) is 3.07. The first-order valence-corrected chi connectivity index (χ1v) is 10.8. The van der Waals surface area contributed by atoms with Crippen LogP contribution in [0.3, 0.4) is 0 Å². The normalized spacial score (nSPS) is 11.3. The molecule has 8 heteroatoms. The highest BCUT2D eigenvalue weighted by Crippen LogP contribution is 2.20. The zero-order chi connectivity index (χ0) is 18.6. The van der Waals surface area contributed by atoms with E-state index in [1.807, 2.05) is 5.38 Å². The number of rotatable bonds is 7. The van der Waals surface area contributed by atoms with Gasteiger partial charge in [-0.25, -0.2) is 13.4 Å². The van der Waals surface area contributed by atoms with Gasteiger partial charge in [0.1, 0.15) is 29.7 Å². The molecule has 0 aliphatic rings. The van der Waals surface area contributed by atoms with E-state index in [4.69, 9.17) is 21.1 Å². The van der Waals surface area contributed by atoms with Gasteiger partial charge in [0.15, 0.2) is 9.84 Å². The number of hydrogen-bond acceptors (Lipinski definition) is 6. The summed E-state index contributed by atoms with van der Waals surface area (Å²) < 4.78 is 34.2. The van der Waals surface area contributed by atoms with E-state index < -0.39 is 9.84 Å². The summed E-state index contributed by atoms with van der Waals surface area (Å²) in [6, 6.07) is 13.5. The number of benzene rings is 2. The van der Waals surface area contributed by atoms with E-state index in [1.54, 1.807) is 36.4 Å². The van der Waals surface area contributed by atoms with Crippen LogP contribution in [0.1, 0.15) is 10.7 Å². The molecule has 0 bridgehead atoms. The van der Waals surface area contributed by atoms with Crippen LogP contribution in [-0.2, 0) is 23.1 Å². The Hall–Kier alpha value is -2.09. The maximum Gasteiger partial charge on any atom is 0.175 e. The Labute approximate surface area is 161 Å². The molecule has 0 atom stereocenters. The molecular weight excluding hydrogens is 394 g/mol. The first-order chi connectivity index (χ1) is 12.4. The zero-order valence-electron chi connectivity index (χ0n) is 13.9. The van der Waals surface area contributed by atoms with Crippen molar-refractivity contribution in [1.29, 1.82) is 0 Å². The molecule has 0 spiro atoms. The number of aromatic nitrogens is 1. The minimum Gasteiger partial charge on any atom is -0.487 e. The van der Waals surface area contributed by atoms with Gasteiger partial charge in [-0.2, -0.15) is 0 Å². The third kappa shape index (κ3) is 5.20. The summed E-state index contributed by atoms with van der Waals surface area (Å²) in [6.45, 7) is 0.672. The van der Waals surface area contributed by atoms with Crippen LogP contribution in [-0.4, -0.2) is 19.7 Å². The lowest BCUT2D eigenvalue weighted by Gasteiger charge is -2.05. The van der Waals surface area contributed by atoms with E-state index in [0.717, 1.165) is 16.5 Å². The van der Waals surface area contributed by atoms with Crippen LogP contribution in [0.15, 0.2) is 58.8 Å². The molecule has 1 heterocycles. The molecule has 1 aromatic heterocycles. The Morgan fingerprint density at radius 1 is 0.962 bits per heavy atom. The minimum atomic E-state index is -3.20. The van der Waals surface area contributed by atoms with Gasteiger partial charge in [-0.1, -0.05) is 11.6 Å². The van der Waals surface area contributed by atoms with Crippen LogP contribution >= 0.6 is 22.9 Å². The molecule has 0 fully saturated rings. The Balaban J connectivity index is 1.52. The fourth-order valence-electron chi connectivity index (χ4n) is 2.10. The molecule has 136 valence electrons. The second-order valence-corrected chi connectivity index (χ2v) is 8.90. The van der Waals surface area contributed by atoms with Crippen LogP contribution < -0.4 is 9.47 Å². The Morgan fingerprint density at radius 2 is 1.54 bits per heavy atom. The topological polar surface area (TPSA) is 65.5 Å². The largest absolute Gasteiger partial charge is 0.487 e. The van der Waals surface area contributed by atoms with E-state index >= 15 is 0 Å². The Kier molecular flexibility index (Phi) is 5.80. The first kappa shape index (κ1) is 18.7. The van der Waals surface area contributed by atoms with Crippen molar-refractivity contribution in [1.82, 2.24) is 4.98 Å². The SMILES string of the molecule is CS(=O)(=O)c1ccc(OCc2csc(COc3ccc(Cl)cc3)n2)cc1. The standard InChI is InChI=1S/C18H16ClNO4S2/c1-26(21,22)17-8-6-16(7-9-17)23-10-14-12-25-18(20-14)11-24-15-4-2-13(19)3-5-15/h2-9,12H,10-11H2,1H3. The van der Waals surface area contributed by atoms with Crippen molar-refractivity contribution in [2.24, 2.45) is 0 Å². The molecule has 2 aromatic carbocycles. The maximum atomic E-state index is 11.4. The predicted molar refractivity (Wildman–Crippen MR) is 102 cm³/mol. The van der Waals surface area contributed by atoms with Gasteiger partial charge in [0.25, 0.3) is 0 Å². The number of halogens is 1. The highest BCUT2D eigenvalue weighted by atomic mass is 35.5. The lowest BCUT2D eigenvalue weighted by Crippen LogP contribution is -1.99. The van der Waals surface area contributed by atoms with Gasteiger partial charge in [0, 0.05) is 16.7 Å². The third-order valence-corrected chi connectivity index (χ3v) is 5.67. The smallest absolute Gasteiger partial charge is 0.175 e. The van der Waals surface area contributed by atoms with Crippen molar-refractivity contribution in [3.8, 4) is 11.5 Å². The number of sulfone groups is 1. The highest BCUT2D eigenvalue weighted by Gasteiger charge is 2.08. The molecule has 0 aliphatic heterocycles. The number of nitrogens with zero attached hydrogens (tertiary/aromatic N) is 1. The van der Waals surface area contributed by atoms with Crippen LogP contribution in [0.4, 0.5) is 0 Å². The highest BCUT2D eigenvalue weighted by molar-refractivity contribution is 7.90. The maximum absolute atomic E-state index is 11.4. The molecule has 5 nitrogen and oxygen atoms in total. The van der Waals surface area contributed by atoms with E-state index in [0.29, 0.717) is 24.0 Å². The molecule has 3 rings (SSSR count). The quantitative estimate of drug-likeness (QED) is 0.580. The molecule has 0 N–H and O–H groups in total. The Bertz CT molecular complexity index is 967. The summed E-state index contributed by atoms with van der Waals surface area (Å²) in [7, 11) is -3.20. The fourth-order valence-corrected chi connectivity index (χ4v) is 3.54. The lowest BCUT2D eigenvalue weighted by atomic mass is 10.3. The van der Waals surface area contributed by atoms with Crippen LogP contribution in [0.25, 0.3) is 0 Å². The van der Waals surface area contributed by atoms with Gasteiger partial charge in [-0.05, 0) is 48.5 Å². The summed E-state index contributed by atoms with van der Waals surface area (Å²) in [4.78, 5) is 4.73. The van der Waals surface area contributed by atoms with Crippen molar-refractivity contribution in [3.63, 3.8) is 0 Å². The van der Waals surface area contributed by atoms with Gasteiger partial charge in [0.2, 0.25) is 0 Å². The molecule has 0 radical (unpaired) electrons. The first-order valence-electron chi connectivity index (χ1n) is 7.65. The van der Waals surface area contributed by atoms with Gasteiger partial charge in [-0.3, -0.25) is 0 Å². The Morgan fingerprint density at radius 3 is 2.15 bits per heavy atom. The van der Waals surface area contributed by atoms with Crippen molar-refractivity contribution < 1.29 is 17.9 Å². The van der Waals surface area contributed by atoms with E-state index in [2.05, 4.69) is 4.98 Å². The zero-order valence-corrected chi connectivity index (χ0v) is 16.3. The van der Waals surface area contributed by atoms with E-state index in [-0.39, 0.29) is 4.90 Å². The number of thiazole rings is 1. The van der Waals surface area contributed by atoms with E-state index in [9.17, 15) is 8.42 Å². The molecule has 0 saturated carbocycles. The number of ether oxygens (including phenoxy) is 2. The summed E-state index contributed by atoms with van der Waals surface area (Å²) in [5.41, 5.74) is 0.789. The van der Waals surface area contributed by atoms with Gasteiger partial charge in [-0.15, -0.1) is 11.3 Å². The van der Waals surface area contributed by atoms with Crippen molar-refractivity contribution in [2.75, 3.05) is 6.26 Å². The predicted octanol–water partition coefficient (Wildman–Crippen LogP) is 4.36. The fraction of sp³-hybridized carbons (Fsp3) is 0.167. The molecule has 26 heavy (non-hydrogen) atoms. The summed E-state index contributed by atoms with van der Waals surface area (Å²) in [5.74, 6) is 1.32. The van der Waals surface area contributed by atoms with Crippen LogP contribution in [0.5, 0.6) is 11.5 Å². The van der Waals surface area contributed by atoms with Gasteiger partial charge >= 0.3 is 0 Å². The number of hydrogen-bond donors (Lipinski definition) is 0. The lowest BCUT2D eigenvalue weighted by molar-refractivity contribution is 0.294. The summed E-state index contributed by atoms with van der Waals surface area (Å²) in [6.07, 6.45) is 1.17.